The molecule has 3 aliphatic rings. The van der Waals surface area contributed by atoms with E-state index in [2.05, 4.69) is 54.2 Å². The van der Waals surface area contributed by atoms with Gasteiger partial charge in [0.05, 0.1) is 12.0 Å². The molecular formula is C27H44O4Si. The Balaban J connectivity index is 1.87. The van der Waals surface area contributed by atoms with Crippen molar-refractivity contribution in [2.45, 2.75) is 91.8 Å². The fourth-order valence-corrected chi connectivity index (χ4v) is 9.60. The molecule has 0 radical (unpaired) electrons. The van der Waals surface area contributed by atoms with Crippen molar-refractivity contribution in [2.24, 2.45) is 28.6 Å². The third kappa shape index (κ3) is 4.32. The van der Waals surface area contributed by atoms with E-state index in [9.17, 15) is 9.59 Å². The van der Waals surface area contributed by atoms with Gasteiger partial charge in [-0.2, -0.15) is 0 Å². The summed E-state index contributed by atoms with van der Waals surface area (Å²) in [4.78, 5) is 25.5. The average Bonchev–Trinajstić information content (AvgIpc) is 3.09. The lowest BCUT2D eigenvalue weighted by Crippen LogP contribution is -2.57. The molecule has 0 aromatic rings. The van der Waals surface area contributed by atoms with Gasteiger partial charge in [-0.3, -0.25) is 4.79 Å². The molecule has 180 valence electrons. The summed E-state index contributed by atoms with van der Waals surface area (Å²) in [5.74, 6) is 0.939. The van der Waals surface area contributed by atoms with Crippen molar-refractivity contribution in [2.75, 3.05) is 13.2 Å². The lowest BCUT2D eigenvalue weighted by molar-refractivity contribution is -0.150. The minimum absolute atomic E-state index is 0.000972. The summed E-state index contributed by atoms with van der Waals surface area (Å²) in [6.07, 6.45) is 6.39. The second kappa shape index (κ2) is 9.58. The smallest absolute Gasteiger partial charge is 0.334 e. The van der Waals surface area contributed by atoms with E-state index in [0.29, 0.717) is 25.4 Å². The monoisotopic (exact) mass is 460 g/mol. The highest BCUT2D eigenvalue weighted by molar-refractivity contribution is 6.73. The molecule has 5 heteroatoms. The lowest BCUT2D eigenvalue weighted by Gasteiger charge is -2.58. The number of Topliss-reactive ketones (excluding diaryl/α,β-unsaturated/α-hetero) is 1. The fourth-order valence-electron chi connectivity index (χ4n) is 6.88. The average molecular weight is 461 g/mol. The number of ketones is 1. The van der Waals surface area contributed by atoms with Crippen LogP contribution in [0.15, 0.2) is 23.8 Å². The number of hydrogen-bond acceptors (Lipinski definition) is 4. The van der Waals surface area contributed by atoms with Gasteiger partial charge in [0.15, 0.2) is 8.32 Å². The zero-order valence-corrected chi connectivity index (χ0v) is 22.2. The number of cyclic esters (lactones) is 1. The Kier molecular flexibility index (Phi) is 7.61. The number of rotatable bonds is 8. The van der Waals surface area contributed by atoms with Crippen LogP contribution in [0, 0.1) is 28.6 Å². The van der Waals surface area contributed by atoms with E-state index in [4.69, 9.17) is 9.16 Å². The number of hydrogen-bond donors (Lipinski definition) is 0. The van der Waals surface area contributed by atoms with Gasteiger partial charge in [0.25, 0.3) is 0 Å². The molecule has 2 saturated carbocycles. The summed E-state index contributed by atoms with van der Waals surface area (Å²) in [5, 5.41) is 0. The number of ether oxygens (including phenoxy) is 1. The molecule has 5 atom stereocenters. The van der Waals surface area contributed by atoms with Gasteiger partial charge in [0, 0.05) is 24.5 Å². The quantitative estimate of drug-likeness (QED) is 0.180. The van der Waals surface area contributed by atoms with Gasteiger partial charge in [-0.15, -0.1) is 0 Å². The molecule has 3 rings (SSSR count). The van der Waals surface area contributed by atoms with Crippen LogP contribution in [-0.2, 0) is 18.8 Å². The molecule has 0 amide bonds. The van der Waals surface area contributed by atoms with Gasteiger partial charge in [-0.25, -0.2) is 4.79 Å². The van der Waals surface area contributed by atoms with Gasteiger partial charge in [-0.05, 0) is 61.1 Å². The van der Waals surface area contributed by atoms with Crippen LogP contribution in [0.3, 0.4) is 0 Å². The van der Waals surface area contributed by atoms with Crippen molar-refractivity contribution in [3.63, 3.8) is 0 Å². The Hall–Kier alpha value is -1.20. The van der Waals surface area contributed by atoms with Gasteiger partial charge < -0.3 is 9.16 Å². The SMILES string of the molecule is C=C1CC[C@H]2[C@@](C)(CCC(=O)[C@@]2(C)CO[Si](CC)(CC)CC)[C@@H]1C/C=C1/C(=O)OC[C@H]1C. The third-order valence-corrected chi connectivity index (χ3v) is 14.2. The highest BCUT2D eigenvalue weighted by Gasteiger charge is 2.58. The van der Waals surface area contributed by atoms with Crippen LogP contribution in [0.4, 0.5) is 0 Å². The maximum atomic E-state index is 13.4. The van der Waals surface area contributed by atoms with E-state index in [1.165, 1.54) is 5.57 Å². The van der Waals surface area contributed by atoms with Gasteiger partial charge in [0.2, 0.25) is 0 Å². The molecule has 0 spiro atoms. The maximum Gasteiger partial charge on any atom is 0.334 e. The number of carbonyl (C=O) groups excluding carboxylic acids is 2. The van der Waals surface area contributed by atoms with Crippen molar-refractivity contribution in [1.82, 2.24) is 0 Å². The Bertz CT molecular complexity index is 774. The second-order valence-corrected chi connectivity index (χ2v) is 15.9. The molecule has 0 bridgehead atoms. The van der Waals surface area contributed by atoms with Crippen LogP contribution in [-0.4, -0.2) is 33.3 Å². The van der Waals surface area contributed by atoms with Crippen LogP contribution in [0.2, 0.25) is 18.1 Å². The maximum absolute atomic E-state index is 13.4. The van der Waals surface area contributed by atoms with E-state index in [-0.39, 0.29) is 29.1 Å². The van der Waals surface area contributed by atoms with E-state index >= 15 is 0 Å². The molecule has 0 aromatic carbocycles. The summed E-state index contributed by atoms with van der Waals surface area (Å²) in [5.41, 5.74) is 1.65. The topological polar surface area (TPSA) is 52.6 Å². The molecular weight excluding hydrogens is 416 g/mol. The first-order valence-corrected chi connectivity index (χ1v) is 15.3. The molecule has 2 aliphatic carbocycles. The van der Waals surface area contributed by atoms with E-state index in [0.717, 1.165) is 49.4 Å². The Morgan fingerprint density at radius 2 is 1.81 bits per heavy atom. The van der Waals surface area contributed by atoms with Crippen molar-refractivity contribution < 1.29 is 18.8 Å². The first kappa shape index (κ1) is 25.4. The first-order chi connectivity index (χ1) is 15.1. The summed E-state index contributed by atoms with van der Waals surface area (Å²) < 4.78 is 12.0. The van der Waals surface area contributed by atoms with E-state index < -0.39 is 13.7 Å². The summed E-state index contributed by atoms with van der Waals surface area (Å²) in [6, 6.07) is 3.31. The van der Waals surface area contributed by atoms with Crippen LogP contribution in [0.25, 0.3) is 0 Å². The Morgan fingerprint density at radius 1 is 1.16 bits per heavy atom. The van der Waals surface area contributed by atoms with Gasteiger partial charge in [0.1, 0.15) is 5.78 Å². The second-order valence-electron chi connectivity index (χ2n) is 11.1. The first-order valence-electron chi connectivity index (χ1n) is 12.8. The van der Waals surface area contributed by atoms with E-state index in [1.807, 2.05) is 0 Å². The van der Waals surface area contributed by atoms with Crippen molar-refractivity contribution in [1.29, 1.82) is 0 Å². The Morgan fingerprint density at radius 3 is 2.38 bits per heavy atom. The summed E-state index contributed by atoms with van der Waals surface area (Å²) in [6.45, 7) is 18.8. The highest BCUT2D eigenvalue weighted by atomic mass is 28.4. The predicted molar refractivity (Wildman–Crippen MR) is 132 cm³/mol. The van der Waals surface area contributed by atoms with Crippen molar-refractivity contribution in [3.8, 4) is 0 Å². The fraction of sp³-hybridized carbons (Fsp3) is 0.778. The normalized spacial score (nSPS) is 37.0. The minimum Gasteiger partial charge on any atom is -0.462 e. The zero-order valence-electron chi connectivity index (χ0n) is 21.2. The van der Waals surface area contributed by atoms with Crippen LogP contribution < -0.4 is 0 Å². The van der Waals surface area contributed by atoms with Crippen LogP contribution in [0.5, 0.6) is 0 Å². The predicted octanol–water partition coefficient (Wildman–Crippen LogP) is 6.48. The Labute approximate surface area is 196 Å². The molecule has 32 heavy (non-hydrogen) atoms. The number of allylic oxidation sites excluding steroid dienone is 2. The third-order valence-electron chi connectivity index (χ3n) is 9.55. The van der Waals surface area contributed by atoms with Crippen molar-refractivity contribution >= 4 is 20.1 Å². The molecule has 0 aromatic heterocycles. The summed E-state index contributed by atoms with van der Waals surface area (Å²) >= 11 is 0. The molecule has 0 N–H and O–H groups in total. The zero-order chi connectivity index (χ0) is 23.7. The van der Waals surface area contributed by atoms with Gasteiger partial charge >= 0.3 is 5.97 Å². The van der Waals surface area contributed by atoms with Crippen LogP contribution >= 0.6 is 0 Å². The largest absolute Gasteiger partial charge is 0.462 e. The molecule has 0 unspecified atom stereocenters. The highest BCUT2D eigenvalue weighted by Crippen LogP contribution is 2.61. The molecule has 1 saturated heterocycles. The van der Waals surface area contributed by atoms with Gasteiger partial charge in [-0.1, -0.05) is 59.8 Å². The molecule has 1 aliphatic heterocycles. The molecule has 1 heterocycles. The number of fused-ring (bicyclic) bond motifs is 1. The minimum atomic E-state index is -1.77. The standard InChI is InChI=1S/C27H44O4Si/c1-8-32(9-2,10-3)31-18-27(7)23-14-11-19(4)22(26(23,6)16-15-24(27)28)13-12-21-20(5)17-30-25(21)29/h12,20,22-23H,4,8-11,13-18H2,1-3,5-7H3/b21-12+/t20-,22-,23+,26+,27+/m1/s1. The van der Waals surface area contributed by atoms with E-state index in [1.54, 1.807) is 0 Å². The lowest BCUT2D eigenvalue weighted by atomic mass is 9.46. The molecule has 3 fully saturated rings. The number of esters is 1. The summed E-state index contributed by atoms with van der Waals surface area (Å²) in [7, 11) is -1.77. The van der Waals surface area contributed by atoms with Crippen LogP contribution in [0.1, 0.15) is 73.6 Å². The molecule has 4 nitrogen and oxygen atoms in total. The van der Waals surface area contributed by atoms with Crippen molar-refractivity contribution in [3.05, 3.63) is 23.8 Å². The number of carbonyl (C=O) groups is 2.